The zero-order valence-electron chi connectivity index (χ0n) is 11.9. The minimum Gasteiger partial charge on any atom is -0.345 e. The van der Waals surface area contributed by atoms with Crippen LogP contribution in [-0.4, -0.2) is 36.9 Å². The summed E-state index contributed by atoms with van der Waals surface area (Å²) in [5.41, 5.74) is 16.6. The molecule has 0 spiro atoms. The number of carbonyl (C=O) groups is 2. The van der Waals surface area contributed by atoms with E-state index in [9.17, 15) is 9.59 Å². The van der Waals surface area contributed by atoms with E-state index in [1.54, 1.807) is 0 Å². The average Bonchev–Trinajstić information content (AvgIpc) is 2.37. The molecule has 0 aromatic heterocycles. The lowest BCUT2D eigenvalue weighted by atomic mass is 10.0. The van der Waals surface area contributed by atoms with Crippen molar-refractivity contribution in [1.29, 1.82) is 0 Å². The van der Waals surface area contributed by atoms with Crippen molar-refractivity contribution in [2.24, 2.45) is 17.2 Å². The molecule has 0 aliphatic rings. The number of nitrogens with two attached hydrogens (primary N) is 3. The summed E-state index contributed by atoms with van der Waals surface area (Å²) >= 11 is 0. The first-order chi connectivity index (χ1) is 9.02. The molecule has 2 atom stereocenters. The second-order valence-electron chi connectivity index (χ2n) is 4.85. The molecule has 0 saturated carbocycles. The molecule has 112 valence electrons. The molecule has 6 nitrogen and oxygen atoms in total. The van der Waals surface area contributed by atoms with Gasteiger partial charge in [-0.25, -0.2) is 0 Å². The van der Waals surface area contributed by atoms with Gasteiger partial charge in [0, 0.05) is 0 Å². The molecular formula is C13H28N4O2. The summed E-state index contributed by atoms with van der Waals surface area (Å²) in [6, 6.07) is -1.01. The Kier molecular flexibility index (Phi) is 10.3. The summed E-state index contributed by atoms with van der Waals surface area (Å²) in [5.74, 6) is -0.301. The van der Waals surface area contributed by atoms with Gasteiger partial charge in [0.1, 0.15) is 0 Å². The Bertz CT molecular complexity index is 271. The van der Waals surface area contributed by atoms with Gasteiger partial charge < -0.3 is 22.5 Å². The molecule has 7 N–H and O–H groups in total. The fraction of sp³-hybridized carbons (Fsp3) is 0.846. The first-order valence-corrected chi connectivity index (χ1v) is 6.99. The third-order valence-electron chi connectivity index (χ3n) is 3.06. The predicted molar refractivity (Wildman–Crippen MR) is 76.4 cm³/mol. The number of nitrogens with one attached hydrogen (secondary N) is 1. The van der Waals surface area contributed by atoms with Crippen LogP contribution in [-0.2, 0) is 9.59 Å². The van der Waals surface area contributed by atoms with Gasteiger partial charge in [-0.05, 0) is 52.1 Å². The van der Waals surface area contributed by atoms with Crippen LogP contribution in [0.4, 0.5) is 0 Å². The number of Topliss-reactive ketones (excluding diaryl/α,β-unsaturated/α-hetero) is 1. The van der Waals surface area contributed by atoms with E-state index >= 15 is 0 Å². The SMILES string of the molecule is CC(=O)[C@H](CCCCN)NC(=O)[C@@H](N)CCCCN. The highest BCUT2D eigenvalue weighted by Gasteiger charge is 2.20. The Balaban J connectivity index is 4.11. The summed E-state index contributed by atoms with van der Waals surface area (Å²) in [6.07, 6.45) is 4.56. The highest BCUT2D eigenvalue weighted by molar-refractivity contribution is 5.89. The Labute approximate surface area is 115 Å². The van der Waals surface area contributed by atoms with Gasteiger partial charge in [0.25, 0.3) is 0 Å². The predicted octanol–water partition coefficient (Wildman–Crippen LogP) is -0.354. The van der Waals surface area contributed by atoms with Gasteiger partial charge in [-0.15, -0.1) is 0 Å². The van der Waals surface area contributed by atoms with Crippen LogP contribution in [0.1, 0.15) is 45.4 Å². The molecular weight excluding hydrogens is 244 g/mol. The normalized spacial score (nSPS) is 13.9. The summed E-state index contributed by atoms with van der Waals surface area (Å²) in [5, 5.41) is 2.72. The molecule has 0 unspecified atom stereocenters. The van der Waals surface area contributed by atoms with Gasteiger partial charge in [0.05, 0.1) is 12.1 Å². The van der Waals surface area contributed by atoms with Gasteiger partial charge in [0.15, 0.2) is 5.78 Å². The Morgan fingerprint density at radius 3 is 2.00 bits per heavy atom. The van der Waals surface area contributed by atoms with E-state index < -0.39 is 12.1 Å². The van der Waals surface area contributed by atoms with Crippen LogP contribution in [0.5, 0.6) is 0 Å². The number of hydrogen-bond donors (Lipinski definition) is 4. The summed E-state index contributed by atoms with van der Waals surface area (Å²) in [7, 11) is 0. The van der Waals surface area contributed by atoms with E-state index in [1.807, 2.05) is 0 Å². The quantitative estimate of drug-likeness (QED) is 0.382. The van der Waals surface area contributed by atoms with Crippen LogP contribution in [0.25, 0.3) is 0 Å². The summed E-state index contributed by atoms with van der Waals surface area (Å²) in [4.78, 5) is 23.3. The minimum atomic E-state index is -0.567. The number of hydrogen-bond acceptors (Lipinski definition) is 5. The van der Waals surface area contributed by atoms with Gasteiger partial charge in [-0.2, -0.15) is 0 Å². The molecule has 19 heavy (non-hydrogen) atoms. The molecule has 0 fully saturated rings. The molecule has 0 aromatic rings. The molecule has 0 aromatic carbocycles. The second-order valence-corrected chi connectivity index (χ2v) is 4.85. The van der Waals surface area contributed by atoms with Crippen LogP contribution in [0.2, 0.25) is 0 Å². The number of ketones is 1. The smallest absolute Gasteiger partial charge is 0.237 e. The Morgan fingerprint density at radius 2 is 1.53 bits per heavy atom. The lowest BCUT2D eigenvalue weighted by Crippen LogP contribution is -2.47. The van der Waals surface area contributed by atoms with Crippen molar-refractivity contribution in [1.82, 2.24) is 5.32 Å². The van der Waals surface area contributed by atoms with Crippen molar-refractivity contribution in [2.75, 3.05) is 13.1 Å². The lowest BCUT2D eigenvalue weighted by Gasteiger charge is -2.18. The number of rotatable bonds is 11. The fourth-order valence-electron chi connectivity index (χ4n) is 1.79. The van der Waals surface area contributed by atoms with Gasteiger partial charge in [0.2, 0.25) is 5.91 Å². The maximum Gasteiger partial charge on any atom is 0.237 e. The molecule has 0 saturated heterocycles. The number of unbranched alkanes of at least 4 members (excludes halogenated alkanes) is 2. The summed E-state index contributed by atoms with van der Waals surface area (Å²) < 4.78 is 0. The van der Waals surface area contributed by atoms with E-state index in [-0.39, 0.29) is 11.7 Å². The number of amides is 1. The third kappa shape index (κ3) is 8.69. The minimum absolute atomic E-state index is 0.0421. The van der Waals surface area contributed by atoms with E-state index in [1.165, 1.54) is 6.92 Å². The highest BCUT2D eigenvalue weighted by atomic mass is 16.2. The van der Waals surface area contributed by atoms with Gasteiger partial charge in [-0.1, -0.05) is 6.42 Å². The molecule has 6 heteroatoms. The van der Waals surface area contributed by atoms with E-state index in [4.69, 9.17) is 17.2 Å². The zero-order chi connectivity index (χ0) is 14.7. The molecule has 1 amide bonds. The van der Waals surface area contributed by atoms with Crippen molar-refractivity contribution >= 4 is 11.7 Å². The van der Waals surface area contributed by atoms with Crippen molar-refractivity contribution in [3.05, 3.63) is 0 Å². The average molecular weight is 272 g/mol. The van der Waals surface area contributed by atoms with Crippen LogP contribution in [0.15, 0.2) is 0 Å². The maximum absolute atomic E-state index is 11.8. The van der Waals surface area contributed by atoms with Crippen LogP contribution < -0.4 is 22.5 Å². The third-order valence-corrected chi connectivity index (χ3v) is 3.06. The number of carbonyl (C=O) groups excluding carboxylic acids is 2. The molecule has 0 radical (unpaired) electrons. The maximum atomic E-state index is 11.8. The van der Waals surface area contributed by atoms with Crippen LogP contribution in [0, 0.1) is 0 Å². The Morgan fingerprint density at radius 1 is 1.00 bits per heavy atom. The summed E-state index contributed by atoms with van der Waals surface area (Å²) in [6.45, 7) is 2.67. The molecule has 0 aliphatic heterocycles. The van der Waals surface area contributed by atoms with Gasteiger partial charge >= 0.3 is 0 Å². The van der Waals surface area contributed by atoms with Crippen LogP contribution >= 0.6 is 0 Å². The Hall–Kier alpha value is -0.980. The van der Waals surface area contributed by atoms with Crippen molar-refractivity contribution in [3.8, 4) is 0 Å². The monoisotopic (exact) mass is 272 g/mol. The van der Waals surface area contributed by atoms with Crippen LogP contribution in [0.3, 0.4) is 0 Å². The van der Waals surface area contributed by atoms with E-state index in [0.29, 0.717) is 25.9 Å². The lowest BCUT2D eigenvalue weighted by molar-refractivity contribution is -0.128. The van der Waals surface area contributed by atoms with Gasteiger partial charge in [-0.3, -0.25) is 9.59 Å². The van der Waals surface area contributed by atoms with Crippen molar-refractivity contribution in [2.45, 2.75) is 57.5 Å². The second kappa shape index (κ2) is 10.9. The fourth-order valence-corrected chi connectivity index (χ4v) is 1.79. The van der Waals surface area contributed by atoms with Crippen molar-refractivity contribution < 1.29 is 9.59 Å². The highest BCUT2D eigenvalue weighted by Crippen LogP contribution is 2.04. The molecule has 0 aliphatic carbocycles. The zero-order valence-corrected chi connectivity index (χ0v) is 11.9. The standard InChI is InChI=1S/C13H28N4O2/c1-10(18)12(7-3-5-9-15)17-13(19)11(16)6-2-4-8-14/h11-12H,2-9,14-16H2,1H3,(H,17,19)/t11-,12-/m0/s1. The van der Waals surface area contributed by atoms with Crippen molar-refractivity contribution in [3.63, 3.8) is 0 Å². The molecule has 0 heterocycles. The molecule has 0 rings (SSSR count). The molecule has 0 bridgehead atoms. The first kappa shape index (κ1) is 18.0. The van der Waals surface area contributed by atoms with E-state index in [0.717, 1.165) is 25.7 Å². The van der Waals surface area contributed by atoms with E-state index in [2.05, 4.69) is 5.32 Å². The largest absolute Gasteiger partial charge is 0.345 e. The topological polar surface area (TPSA) is 124 Å². The first-order valence-electron chi connectivity index (χ1n) is 6.99.